The Hall–Kier alpha value is -2.44. The minimum atomic E-state index is 0.0459. The van der Waals surface area contributed by atoms with Crippen molar-refractivity contribution >= 4 is 22.8 Å². The van der Waals surface area contributed by atoms with Crippen LogP contribution >= 0.6 is 0 Å². The smallest absolute Gasteiger partial charge is 0.222 e. The van der Waals surface area contributed by atoms with Crippen LogP contribution in [0.5, 0.6) is 0 Å². The van der Waals surface area contributed by atoms with E-state index < -0.39 is 0 Å². The molecule has 0 aliphatic carbocycles. The highest BCUT2D eigenvalue weighted by Gasteiger charge is 2.19. The van der Waals surface area contributed by atoms with Crippen LogP contribution in [0.1, 0.15) is 48.2 Å². The van der Waals surface area contributed by atoms with Gasteiger partial charge in [-0.25, -0.2) is 4.98 Å². The molecule has 3 rings (SSSR count). The molecule has 1 N–H and O–H groups in total. The predicted molar refractivity (Wildman–Crippen MR) is 104 cm³/mol. The van der Waals surface area contributed by atoms with Crippen molar-refractivity contribution < 1.29 is 9.59 Å². The van der Waals surface area contributed by atoms with E-state index in [9.17, 15) is 9.59 Å². The molecule has 7 heteroatoms. The molecule has 7 nitrogen and oxygen atoms in total. The summed E-state index contributed by atoms with van der Waals surface area (Å²) in [5, 5.41) is 8.52. The molecule has 0 aromatic carbocycles. The molecule has 2 aromatic rings. The molecule has 0 radical (unpaired) electrons. The number of carbonyl (C=O) groups is 2. The number of nitrogens with zero attached hydrogens (tertiary/aromatic N) is 4. The van der Waals surface area contributed by atoms with E-state index in [1.807, 2.05) is 30.5 Å². The average Bonchev–Trinajstić information content (AvgIpc) is 3.14. The first-order valence-electron chi connectivity index (χ1n) is 9.72. The third-order valence-corrected chi connectivity index (χ3v) is 5.43. The molecule has 1 fully saturated rings. The number of hydrogen-bond acceptors (Lipinski definition) is 4. The molecule has 0 atom stereocenters. The summed E-state index contributed by atoms with van der Waals surface area (Å²) in [7, 11) is 1.91. The lowest BCUT2D eigenvalue weighted by Gasteiger charge is -2.15. The third kappa shape index (κ3) is 4.12. The van der Waals surface area contributed by atoms with E-state index >= 15 is 0 Å². The van der Waals surface area contributed by atoms with Gasteiger partial charge >= 0.3 is 0 Å². The van der Waals surface area contributed by atoms with Gasteiger partial charge in [-0.15, -0.1) is 0 Å². The molecule has 3 heterocycles. The van der Waals surface area contributed by atoms with Crippen LogP contribution in [-0.4, -0.2) is 51.1 Å². The molecule has 1 saturated heterocycles. The van der Waals surface area contributed by atoms with Crippen LogP contribution in [0.25, 0.3) is 11.0 Å². The molecule has 27 heavy (non-hydrogen) atoms. The maximum absolute atomic E-state index is 12.2. The van der Waals surface area contributed by atoms with Crippen molar-refractivity contribution in [1.29, 1.82) is 0 Å². The van der Waals surface area contributed by atoms with E-state index in [0.29, 0.717) is 25.8 Å². The van der Waals surface area contributed by atoms with Crippen molar-refractivity contribution in [1.82, 2.24) is 25.0 Å². The first-order chi connectivity index (χ1) is 12.9. The fraction of sp³-hybridized carbons (Fsp3) is 0.600. The number of carbonyl (C=O) groups excluding carboxylic acids is 2. The van der Waals surface area contributed by atoms with Gasteiger partial charge in [0, 0.05) is 50.6 Å². The van der Waals surface area contributed by atoms with E-state index in [1.54, 1.807) is 0 Å². The van der Waals surface area contributed by atoms with Gasteiger partial charge in [0.25, 0.3) is 0 Å². The number of aryl methyl sites for hydroxylation is 4. The largest absolute Gasteiger partial charge is 0.356 e. The molecule has 0 saturated carbocycles. The highest BCUT2D eigenvalue weighted by atomic mass is 16.2. The van der Waals surface area contributed by atoms with Gasteiger partial charge in [-0.2, -0.15) is 5.10 Å². The second kappa shape index (κ2) is 8.06. The number of amides is 2. The normalized spacial score (nSPS) is 14.4. The van der Waals surface area contributed by atoms with Crippen molar-refractivity contribution in [2.75, 3.05) is 19.6 Å². The van der Waals surface area contributed by atoms with Gasteiger partial charge in [0.05, 0.1) is 5.69 Å². The van der Waals surface area contributed by atoms with E-state index in [-0.39, 0.29) is 11.8 Å². The van der Waals surface area contributed by atoms with Gasteiger partial charge in [0.2, 0.25) is 11.8 Å². The minimum absolute atomic E-state index is 0.0459. The topological polar surface area (TPSA) is 80.1 Å². The van der Waals surface area contributed by atoms with Crippen LogP contribution in [0.3, 0.4) is 0 Å². The number of likely N-dealkylation sites (tertiary alicyclic amines) is 1. The number of hydrogen-bond donors (Lipinski definition) is 1. The van der Waals surface area contributed by atoms with Gasteiger partial charge in [-0.3, -0.25) is 14.3 Å². The molecule has 146 valence electrons. The van der Waals surface area contributed by atoms with Crippen molar-refractivity contribution in [3.63, 3.8) is 0 Å². The highest BCUT2D eigenvalue weighted by molar-refractivity contribution is 5.84. The van der Waals surface area contributed by atoms with Crippen molar-refractivity contribution in [3.05, 3.63) is 22.5 Å². The van der Waals surface area contributed by atoms with Crippen LogP contribution in [0, 0.1) is 20.8 Å². The zero-order valence-electron chi connectivity index (χ0n) is 16.8. The standard InChI is InChI=1S/C20H29N5O2/c1-13-16(14(2)22-20-19(13)15(3)23-24(20)4)8-9-17(26)21-10-6-12-25-11-5-7-18(25)27/h5-12H2,1-4H3,(H,21,26). The first-order valence-corrected chi connectivity index (χ1v) is 9.72. The molecular formula is C20H29N5O2. The minimum Gasteiger partial charge on any atom is -0.356 e. The summed E-state index contributed by atoms with van der Waals surface area (Å²) >= 11 is 0. The van der Waals surface area contributed by atoms with Gasteiger partial charge in [0.15, 0.2) is 5.65 Å². The Morgan fingerprint density at radius 1 is 1.22 bits per heavy atom. The summed E-state index contributed by atoms with van der Waals surface area (Å²) < 4.78 is 1.81. The maximum Gasteiger partial charge on any atom is 0.222 e. The van der Waals surface area contributed by atoms with E-state index in [1.165, 1.54) is 5.56 Å². The predicted octanol–water partition coefficient (Wildman–Crippen LogP) is 1.95. The van der Waals surface area contributed by atoms with E-state index in [4.69, 9.17) is 4.98 Å². The summed E-state index contributed by atoms with van der Waals surface area (Å²) in [6, 6.07) is 0. The van der Waals surface area contributed by atoms with Gasteiger partial charge < -0.3 is 10.2 Å². The molecule has 1 aliphatic rings. The fourth-order valence-corrected chi connectivity index (χ4v) is 4.00. The lowest BCUT2D eigenvalue weighted by Crippen LogP contribution is -2.30. The third-order valence-electron chi connectivity index (χ3n) is 5.43. The number of fused-ring (bicyclic) bond motifs is 1. The monoisotopic (exact) mass is 371 g/mol. The zero-order chi connectivity index (χ0) is 19.6. The van der Waals surface area contributed by atoms with Crippen LogP contribution in [-0.2, 0) is 23.1 Å². The SMILES string of the molecule is Cc1nc2c(c(C)nn2C)c(C)c1CCC(=O)NCCCN1CCCC1=O. The lowest BCUT2D eigenvalue weighted by atomic mass is 9.99. The summed E-state index contributed by atoms with van der Waals surface area (Å²) in [5.74, 6) is 0.283. The van der Waals surface area contributed by atoms with Crippen LogP contribution < -0.4 is 5.32 Å². The summed E-state index contributed by atoms with van der Waals surface area (Å²) in [4.78, 5) is 30.4. The van der Waals surface area contributed by atoms with Crippen LogP contribution in [0.15, 0.2) is 0 Å². The Labute approximate surface area is 160 Å². The number of nitrogens with one attached hydrogen (secondary N) is 1. The summed E-state index contributed by atoms with van der Waals surface area (Å²) in [5.41, 5.74) is 5.13. The number of aromatic nitrogens is 3. The zero-order valence-corrected chi connectivity index (χ0v) is 16.8. The fourth-order valence-electron chi connectivity index (χ4n) is 4.00. The van der Waals surface area contributed by atoms with Gasteiger partial charge in [0.1, 0.15) is 0 Å². The second-order valence-electron chi connectivity index (χ2n) is 7.40. The Balaban J connectivity index is 1.53. The molecular weight excluding hydrogens is 342 g/mol. The Morgan fingerprint density at radius 3 is 2.70 bits per heavy atom. The summed E-state index contributed by atoms with van der Waals surface area (Å²) in [6.45, 7) is 8.28. The Bertz CT molecular complexity index is 871. The van der Waals surface area contributed by atoms with Gasteiger partial charge in [-0.05, 0) is 51.2 Å². The maximum atomic E-state index is 12.2. The molecule has 1 aliphatic heterocycles. The molecule has 2 aromatic heterocycles. The molecule has 2 amide bonds. The highest BCUT2D eigenvalue weighted by Crippen LogP contribution is 2.25. The molecule has 0 bridgehead atoms. The molecule has 0 spiro atoms. The summed E-state index contributed by atoms with van der Waals surface area (Å²) in [6.07, 6.45) is 3.54. The van der Waals surface area contributed by atoms with Crippen molar-refractivity contribution in [2.24, 2.45) is 7.05 Å². The first kappa shape index (κ1) is 19.3. The molecule has 0 unspecified atom stereocenters. The number of rotatable bonds is 7. The second-order valence-corrected chi connectivity index (χ2v) is 7.40. The number of pyridine rings is 1. The van der Waals surface area contributed by atoms with Crippen LogP contribution in [0.4, 0.5) is 0 Å². The van der Waals surface area contributed by atoms with E-state index in [0.717, 1.165) is 53.9 Å². The van der Waals surface area contributed by atoms with Gasteiger partial charge in [-0.1, -0.05) is 0 Å². The Kier molecular flexibility index (Phi) is 5.77. The van der Waals surface area contributed by atoms with Crippen molar-refractivity contribution in [2.45, 2.75) is 52.9 Å². The lowest BCUT2D eigenvalue weighted by molar-refractivity contribution is -0.127. The average molecular weight is 371 g/mol. The Morgan fingerprint density at radius 2 is 2.00 bits per heavy atom. The van der Waals surface area contributed by atoms with Crippen molar-refractivity contribution in [3.8, 4) is 0 Å². The van der Waals surface area contributed by atoms with Crippen LogP contribution in [0.2, 0.25) is 0 Å². The quantitative estimate of drug-likeness (QED) is 0.755. The van der Waals surface area contributed by atoms with E-state index in [2.05, 4.69) is 17.3 Å².